The molecule has 1 aliphatic heterocycles. The molecule has 5 rings (SSSR count). The molecule has 1 aliphatic rings. The minimum Gasteiger partial charge on any atom is -0.406 e. The van der Waals surface area contributed by atoms with Crippen molar-refractivity contribution in [2.75, 3.05) is 18.0 Å². The van der Waals surface area contributed by atoms with Crippen molar-refractivity contribution in [1.29, 1.82) is 0 Å². The molecule has 1 fully saturated rings. The van der Waals surface area contributed by atoms with Gasteiger partial charge in [-0.25, -0.2) is 9.97 Å². The van der Waals surface area contributed by atoms with E-state index in [1.807, 2.05) is 23.7 Å². The second kappa shape index (κ2) is 9.65. The van der Waals surface area contributed by atoms with Crippen molar-refractivity contribution in [1.82, 2.24) is 24.3 Å². The number of rotatable bonds is 6. The number of ether oxygens (including phenoxy) is 1. The number of aryl methyl sites for hydroxylation is 1. The van der Waals surface area contributed by atoms with Gasteiger partial charge in [-0.2, -0.15) is 5.10 Å². The average molecular weight is 499 g/mol. The van der Waals surface area contributed by atoms with Crippen molar-refractivity contribution in [3.8, 4) is 22.8 Å². The van der Waals surface area contributed by atoms with Crippen molar-refractivity contribution < 1.29 is 23.0 Å². The number of aromatic nitrogens is 5. The zero-order valence-electron chi connectivity index (χ0n) is 19.6. The van der Waals surface area contributed by atoms with Crippen LogP contribution < -0.4 is 9.64 Å². The van der Waals surface area contributed by atoms with Crippen molar-refractivity contribution >= 4 is 5.82 Å². The lowest BCUT2D eigenvalue weighted by molar-refractivity contribution is -0.274. The summed E-state index contributed by atoms with van der Waals surface area (Å²) in [5.74, 6) is 0.618. The van der Waals surface area contributed by atoms with E-state index in [4.69, 9.17) is 5.10 Å². The smallest absolute Gasteiger partial charge is 0.406 e. The number of benzene rings is 1. The summed E-state index contributed by atoms with van der Waals surface area (Å²) < 4.78 is 44.7. The summed E-state index contributed by atoms with van der Waals surface area (Å²) in [7, 11) is 0. The normalized spacial score (nSPS) is 14.9. The summed E-state index contributed by atoms with van der Waals surface area (Å²) in [6.45, 7) is 4.10. The lowest BCUT2D eigenvalue weighted by atomic mass is 10.1. The van der Waals surface area contributed by atoms with Gasteiger partial charge < -0.3 is 19.3 Å². The van der Waals surface area contributed by atoms with Crippen LogP contribution in [0.25, 0.3) is 17.1 Å². The monoisotopic (exact) mass is 498 g/mol. The van der Waals surface area contributed by atoms with Gasteiger partial charge in [-0.05, 0) is 67.8 Å². The summed E-state index contributed by atoms with van der Waals surface area (Å²) in [5.41, 5.74) is 4.02. The molecule has 0 atom stereocenters. The molecule has 1 aromatic carbocycles. The molecule has 3 aromatic heterocycles. The van der Waals surface area contributed by atoms with Crippen LogP contribution in [0, 0.1) is 6.92 Å². The highest BCUT2D eigenvalue weighted by Crippen LogP contribution is 2.25. The first kappa shape index (κ1) is 23.9. The summed E-state index contributed by atoms with van der Waals surface area (Å²) in [4.78, 5) is 11.1. The predicted octanol–water partition coefficient (Wildman–Crippen LogP) is 4.35. The predicted molar refractivity (Wildman–Crippen MR) is 127 cm³/mol. The Kier molecular flexibility index (Phi) is 6.40. The average Bonchev–Trinajstić information content (AvgIpc) is 3.47. The number of piperidine rings is 1. The quantitative estimate of drug-likeness (QED) is 0.426. The summed E-state index contributed by atoms with van der Waals surface area (Å²) in [6, 6.07) is 11.5. The van der Waals surface area contributed by atoms with Crippen LogP contribution in [-0.2, 0) is 6.54 Å². The van der Waals surface area contributed by atoms with Crippen LogP contribution in [0.15, 0.2) is 61.2 Å². The molecule has 36 heavy (non-hydrogen) atoms. The first-order chi connectivity index (χ1) is 17.2. The molecule has 4 heterocycles. The van der Waals surface area contributed by atoms with Crippen LogP contribution in [0.5, 0.6) is 5.75 Å². The van der Waals surface area contributed by atoms with E-state index >= 15 is 0 Å². The molecule has 0 unspecified atom stereocenters. The van der Waals surface area contributed by atoms with Gasteiger partial charge in [-0.15, -0.1) is 13.2 Å². The van der Waals surface area contributed by atoms with Gasteiger partial charge in [0.25, 0.3) is 0 Å². The number of imidazole rings is 1. The van der Waals surface area contributed by atoms with E-state index in [0.29, 0.717) is 23.6 Å². The van der Waals surface area contributed by atoms with Gasteiger partial charge in [0.05, 0.1) is 19.0 Å². The Hall–Kier alpha value is -3.86. The molecule has 0 bridgehead atoms. The van der Waals surface area contributed by atoms with Gasteiger partial charge in [0, 0.05) is 36.9 Å². The first-order valence-corrected chi connectivity index (χ1v) is 11.6. The lowest BCUT2D eigenvalue weighted by Crippen LogP contribution is -2.36. The number of aliphatic hydroxyl groups excluding tert-OH is 1. The Morgan fingerprint density at radius 2 is 1.78 bits per heavy atom. The SMILES string of the molecule is Cc1cc(-c2cn(-c3ccc(OC(F)(F)F)cc3)cn2)nn1Cc1ccnc(N2CCC(O)CC2)c1. The van der Waals surface area contributed by atoms with E-state index in [-0.39, 0.29) is 11.9 Å². The highest BCUT2D eigenvalue weighted by Gasteiger charge is 2.31. The first-order valence-electron chi connectivity index (χ1n) is 11.6. The van der Waals surface area contributed by atoms with Crippen LogP contribution >= 0.6 is 0 Å². The van der Waals surface area contributed by atoms with Crippen LogP contribution in [0.3, 0.4) is 0 Å². The maximum absolute atomic E-state index is 12.4. The van der Waals surface area contributed by atoms with Gasteiger partial charge in [-0.1, -0.05) is 0 Å². The summed E-state index contributed by atoms with van der Waals surface area (Å²) in [5, 5.41) is 14.5. The molecule has 1 saturated heterocycles. The zero-order chi connectivity index (χ0) is 25.3. The maximum Gasteiger partial charge on any atom is 0.573 e. The van der Waals surface area contributed by atoms with E-state index in [2.05, 4.69) is 25.7 Å². The summed E-state index contributed by atoms with van der Waals surface area (Å²) in [6.07, 6.45) is 1.69. The highest BCUT2D eigenvalue weighted by atomic mass is 19.4. The Morgan fingerprint density at radius 1 is 1.03 bits per heavy atom. The third kappa shape index (κ3) is 5.51. The number of hydrogen-bond donors (Lipinski definition) is 1. The maximum atomic E-state index is 12.4. The third-order valence-electron chi connectivity index (χ3n) is 6.13. The van der Waals surface area contributed by atoms with E-state index in [0.717, 1.165) is 43.0 Å². The summed E-state index contributed by atoms with van der Waals surface area (Å²) >= 11 is 0. The molecule has 0 radical (unpaired) electrons. The van der Waals surface area contributed by atoms with Gasteiger partial charge in [-0.3, -0.25) is 4.68 Å². The lowest BCUT2D eigenvalue weighted by Gasteiger charge is -2.30. The third-order valence-corrected chi connectivity index (χ3v) is 6.13. The molecule has 0 saturated carbocycles. The standard InChI is InChI=1S/C25H25F3N6O2/c1-17-12-22(23-15-33(16-30-23)19-2-4-21(5-3-19)36-25(26,27)28)31-34(17)14-18-6-9-29-24(13-18)32-10-7-20(35)8-11-32/h2-6,9,12-13,15-16,20,35H,7-8,10-11,14H2,1H3. The van der Waals surface area contributed by atoms with E-state index in [1.54, 1.807) is 23.3 Å². The van der Waals surface area contributed by atoms with E-state index < -0.39 is 6.36 Å². The minimum atomic E-state index is -4.73. The molecule has 8 nitrogen and oxygen atoms in total. The zero-order valence-corrected chi connectivity index (χ0v) is 19.6. The Balaban J connectivity index is 1.29. The fourth-order valence-electron chi connectivity index (χ4n) is 4.21. The van der Waals surface area contributed by atoms with Crippen molar-refractivity contribution in [3.63, 3.8) is 0 Å². The molecule has 0 spiro atoms. The minimum absolute atomic E-state index is 0.235. The molecule has 0 aliphatic carbocycles. The van der Waals surface area contributed by atoms with Gasteiger partial charge in [0.1, 0.15) is 23.0 Å². The molecule has 188 valence electrons. The Morgan fingerprint density at radius 3 is 2.50 bits per heavy atom. The Labute approximate surface area is 205 Å². The highest BCUT2D eigenvalue weighted by molar-refractivity contribution is 5.55. The number of anilines is 1. The van der Waals surface area contributed by atoms with Gasteiger partial charge in [0.15, 0.2) is 0 Å². The van der Waals surface area contributed by atoms with E-state index in [9.17, 15) is 18.3 Å². The van der Waals surface area contributed by atoms with Gasteiger partial charge in [0.2, 0.25) is 0 Å². The van der Waals surface area contributed by atoms with Gasteiger partial charge >= 0.3 is 6.36 Å². The molecule has 1 N–H and O–H groups in total. The number of aliphatic hydroxyl groups is 1. The number of alkyl halides is 3. The second-order valence-corrected chi connectivity index (χ2v) is 8.78. The van der Waals surface area contributed by atoms with Crippen LogP contribution in [0.1, 0.15) is 24.1 Å². The topological polar surface area (TPSA) is 81.2 Å². The second-order valence-electron chi connectivity index (χ2n) is 8.78. The van der Waals surface area contributed by atoms with E-state index in [1.165, 1.54) is 24.3 Å². The van der Waals surface area contributed by atoms with Crippen LogP contribution in [0.4, 0.5) is 19.0 Å². The van der Waals surface area contributed by atoms with Crippen molar-refractivity contribution in [3.05, 3.63) is 72.4 Å². The molecular weight excluding hydrogens is 473 g/mol. The van der Waals surface area contributed by atoms with Crippen LogP contribution in [0.2, 0.25) is 0 Å². The van der Waals surface area contributed by atoms with Crippen LogP contribution in [-0.4, -0.2) is 55.0 Å². The Bertz CT molecular complexity index is 1320. The fraction of sp³-hybridized carbons (Fsp3) is 0.320. The fourth-order valence-corrected chi connectivity index (χ4v) is 4.21. The van der Waals surface area contributed by atoms with Crippen molar-refractivity contribution in [2.24, 2.45) is 0 Å². The number of pyridine rings is 1. The number of nitrogens with zero attached hydrogens (tertiary/aromatic N) is 6. The van der Waals surface area contributed by atoms with Crippen molar-refractivity contribution in [2.45, 2.75) is 38.8 Å². The number of halogens is 3. The molecule has 4 aromatic rings. The molecular formula is C25H25F3N6O2. The molecule has 0 amide bonds. The number of hydrogen-bond acceptors (Lipinski definition) is 6. The molecule has 11 heteroatoms. The largest absolute Gasteiger partial charge is 0.573 e.